The Bertz CT molecular complexity index is 369. The maximum Gasteiger partial charge on any atom is 0.122 e. The van der Waals surface area contributed by atoms with Crippen LogP contribution in [0, 0.1) is 5.92 Å². The summed E-state index contributed by atoms with van der Waals surface area (Å²) in [6.07, 6.45) is 6.84. The molecule has 2 aliphatic rings. The van der Waals surface area contributed by atoms with E-state index in [2.05, 4.69) is 32.9 Å². The summed E-state index contributed by atoms with van der Waals surface area (Å²) in [5, 5.41) is 3.64. The van der Waals surface area contributed by atoms with Gasteiger partial charge in [0.25, 0.3) is 0 Å². The van der Waals surface area contributed by atoms with Gasteiger partial charge in [-0.2, -0.15) is 0 Å². The third kappa shape index (κ3) is 2.53. The monoisotopic (exact) mass is 234 g/mol. The molecule has 17 heavy (non-hydrogen) atoms. The van der Waals surface area contributed by atoms with Gasteiger partial charge in [0, 0.05) is 38.1 Å². The van der Waals surface area contributed by atoms with Crippen molar-refractivity contribution >= 4 is 0 Å². The Kier molecular flexibility index (Phi) is 3.16. The normalized spacial score (nSPS) is 22.4. The number of imidazole rings is 1. The smallest absolute Gasteiger partial charge is 0.122 e. The number of nitrogens with one attached hydrogen (secondary N) is 1. The van der Waals surface area contributed by atoms with Gasteiger partial charge in [-0.1, -0.05) is 6.92 Å². The molecule has 94 valence electrons. The van der Waals surface area contributed by atoms with Crippen LogP contribution in [0.15, 0.2) is 12.4 Å². The van der Waals surface area contributed by atoms with Crippen molar-refractivity contribution in [2.45, 2.75) is 38.9 Å². The molecular weight excluding hydrogens is 212 g/mol. The van der Waals surface area contributed by atoms with E-state index in [4.69, 9.17) is 0 Å². The van der Waals surface area contributed by atoms with E-state index in [1.165, 1.54) is 25.2 Å². The highest BCUT2D eigenvalue weighted by molar-refractivity contribution is 4.97. The van der Waals surface area contributed by atoms with Gasteiger partial charge >= 0.3 is 0 Å². The summed E-state index contributed by atoms with van der Waals surface area (Å²) < 4.78 is 2.27. The number of likely N-dealkylation sites (N-methyl/N-ethyl adjacent to an activating group) is 1. The van der Waals surface area contributed by atoms with Gasteiger partial charge in [0.15, 0.2) is 0 Å². The van der Waals surface area contributed by atoms with Gasteiger partial charge in [0.1, 0.15) is 5.82 Å². The summed E-state index contributed by atoms with van der Waals surface area (Å²) in [6, 6.07) is 0.696. The molecule has 1 N–H and O–H groups in total. The van der Waals surface area contributed by atoms with Gasteiger partial charge < -0.3 is 9.88 Å². The molecule has 1 saturated carbocycles. The van der Waals surface area contributed by atoms with Crippen molar-refractivity contribution in [1.82, 2.24) is 19.8 Å². The molecule has 0 amide bonds. The van der Waals surface area contributed by atoms with Gasteiger partial charge in [0.05, 0.1) is 6.54 Å². The van der Waals surface area contributed by atoms with Crippen molar-refractivity contribution < 1.29 is 0 Å². The van der Waals surface area contributed by atoms with Crippen LogP contribution in [0.3, 0.4) is 0 Å². The SMILES string of the molecule is CCNC(CN1CCn2ccnc2C1)C1CC1. The first-order valence-corrected chi connectivity index (χ1v) is 6.82. The molecule has 0 aromatic carbocycles. The molecule has 4 nitrogen and oxygen atoms in total. The summed E-state index contributed by atoms with van der Waals surface area (Å²) in [6.45, 7) is 7.76. The van der Waals surface area contributed by atoms with Crippen LogP contribution < -0.4 is 5.32 Å². The molecule has 0 spiro atoms. The zero-order valence-electron chi connectivity index (χ0n) is 10.6. The molecule has 1 fully saturated rings. The van der Waals surface area contributed by atoms with Gasteiger partial charge in [-0.3, -0.25) is 4.90 Å². The second-order valence-electron chi connectivity index (χ2n) is 5.27. The van der Waals surface area contributed by atoms with E-state index in [1.807, 2.05) is 6.20 Å². The molecule has 1 aromatic heterocycles. The van der Waals surface area contributed by atoms with E-state index in [1.54, 1.807) is 0 Å². The number of nitrogens with zero attached hydrogens (tertiary/aromatic N) is 3. The summed E-state index contributed by atoms with van der Waals surface area (Å²) >= 11 is 0. The fourth-order valence-electron chi connectivity index (χ4n) is 2.80. The minimum Gasteiger partial charge on any atom is -0.333 e. The molecular formula is C13H22N4. The topological polar surface area (TPSA) is 33.1 Å². The van der Waals surface area contributed by atoms with Crippen LogP contribution in [0.5, 0.6) is 0 Å². The summed E-state index contributed by atoms with van der Waals surface area (Å²) in [4.78, 5) is 6.97. The van der Waals surface area contributed by atoms with Gasteiger partial charge in [-0.25, -0.2) is 4.98 Å². The Morgan fingerprint density at radius 3 is 3.12 bits per heavy atom. The van der Waals surface area contributed by atoms with Crippen molar-refractivity contribution in [1.29, 1.82) is 0 Å². The van der Waals surface area contributed by atoms with Crippen LogP contribution in [0.2, 0.25) is 0 Å². The van der Waals surface area contributed by atoms with E-state index in [0.29, 0.717) is 6.04 Å². The van der Waals surface area contributed by atoms with E-state index < -0.39 is 0 Å². The van der Waals surface area contributed by atoms with Crippen LogP contribution in [0.4, 0.5) is 0 Å². The minimum absolute atomic E-state index is 0.696. The Balaban J connectivity index is 1.58. The highest BCUT2D eigenvalue weighted by atomic mass is 15.2. The first-order chi connectivity index (χ1) is 8.36. The summed E-state index contributed by atoms with van der Waals surface area (Å²) in [7, 11) is 0. The second kappa shape index (κ2) is 4.78. The van der Waals surface area contributed by atoms with Crippen molar-refractivity contribution in [2.75, 3.05) is 19.6 Å². The van der Waals surface area contributed by atoms with Crippen LogP contribution in [0.1, 0.15) is 25.6 Å². The summed E-state index contributed by atoms with van der Waals surface area (Å²) in [5.41, 5.74) is 0. The Hall–Kier alpha value is -0.870. The first-order valence-electron chi connectivity index (χ1n) is 6.82. The maximum atomic E-state index is 4.42. The molecule has 2 heterocycles. The number of fused-ring (bicyclic) bond motifs is 1. The molecule has 1 unspecified atom stereocenters. The molecule has 1 aliphatic heterocycles. The number of hydrogen-bond donors (Lipinski definition) is 1. The lowest BCUT2D eigenvalue weighted by Crippen LogP contribution is -2.45. The van der Waals surface area contributed by atoms with Crippen LogP contribution >= 0.6 is 0 Å². The highest BCUT2D eigenvalue weighted by Crippen LogP contribution is 2.33. The Morgan fingerprint density at radius 1 is 1.47 bits per heavy atom. The average Bonchev–Trinajstić information content (AvgIpc) is 3.07. The van der Waals surface area contributed by atoms with Gasteiger partial charge in [-0.05, 0) is 25.3 Å². The molecule has 4 heteroatoms. The maximum absolute atomic E-state index is 4.42. The predicted molar refractivity (Wildman–Crippen MR) is 67.7 cm³/mol. The Morgan fingerprint density at radius 2 is 2.35 bits per heavy atom. The molecule has 3 rings (SSSR count). The fraction of sp³-hybridized carbons (Fsp3) is 0.769. The molecule has 0 radical (unpaired) electrons. The molecule has 1 aliphatic carbocycles. The molecule has 1 atom stereocenters. The molecule has 1 aromatic rings. The lowest BCUT2D eigenvalue weighted by Gasteiger charge is -2.31. The van der Waals surface area contributed by atoms with Crippen LogP contribution in [0.25, 0.3) is 0 Å². The van der Waals surface area contributed by atoms with Crippen molar-refractivity contribution in [3.8, 4) is 0 Å². The minimum atomic E-state index is 0.696. The Labute approximate surface area is 103 Å². The van der Waals surface area contributed by atoms with Gasteiger partial charge in [-0.15, -0.1) is 0 Å². The van der Waals surface area contributed by atoms with Crippen molar-refractivity contribution in [2.24, 2.45) is 5.92 Å². The zero-order chi connectivity index (χ0) is 11.7. The van der Waals surface area contributed by atoms with Crippen LogP contribution in [-0.4, -0.2) is 40.1 Å². The lowest BCUT2D eigenvalue weighted by atomic mass is 10.1. The van der Waals surface area contributed by atoms with E-state index >= 15 is 0 Å². The number of hydrogen-bond acceptors (Lipinski definition) is 3. The zero-order valence-corrected chi connectivity index (χ0v) is 10.6. The summed E-state index contributed by atoms with van der Waals surface area (Å²) in [5.74, 6) is 2.15. The molecule has 0 bridgehead atoms. The van der Waals surface area contributed by atoms with Crippen molar-refractivity contribution in [3.63, 3.8) is 0 Å². The molecule has 0 saturated heterocycles. The van der Waals surface area contributed by atoms with E-state index in [0.717, 1.165) is 32.1 Å². The van der Waals surface area contributed by atoms with Gasteiger partial charge in [0.2, 0.25) is 0 Å². The number of rotatable bonds is 5. The third-order valence-corrected chi connectivity index (χ3v) is 3.94. The quantitative estimate of drug-likeness (QED) is 0.828. The predicted octanol–water partition coefficient (Wildman–Crippen LogP) is 1.09. The number of aromatic nitrogens is 2. The van der Waals surface area contributed by atoms with Crippen LogP contribution in [-0.2, 0) is 13.1 Å². The standard InChI is InChI=1S/C13H22N4/c1-2-14-12(11-3-4-11)9-16-7-8-17-6-5-15-13(17)10-16/h5-6,11-12,14H,2-4,7-10H2,1H3. The fourth-order valence-corrected chi connectivity index (χ4v) is 2.80. The first kappa shape index (κ1) is 11.2. The second-order valence-corrected chi connectivity index (χ2v) is 5.27. The van der Waals surface area contributed by atoms with E-state index in [-0.39, 0.29) is 0 Å². The average molecular weight is 234 g/mol. The van der Waals surface area contributed by atoms with Crippen molar-refractivity contribution in [3.05, 3.63) is 18.2 Å². The largest absolute Gasteiger partial charge is 0.333 e. The highest BCUT2D eigenvalue weighted by Gasteiger charge is 2.32. The third-order valence-electron chi connectivity index (χ3n) is 3.94. The lowest BCUT2D eigenvalue weighted by molar-refractivity contribution is 0.187. The van der Waals surface area contributed by atoms with E-state index in [9.17, 15) is 0 Å².